The number of carbonyl (C=O) groups is 1. The van der Waals surface area contributed by atoms with E-state index in [1.165, 1.54) is 13.2 Å². The van der Waals surface area contributed by atoms with Gasteiger partial charge in [0.15, 0.2) is 0 Å². The average molecular weight is 353 g/mol. The average Bonchev–Trinajstić information content (AvgIpc) is 2.66. The van der Waals surface area contributed by atoms with Gasteiger partial charge >= 0.3 is 5.97 Å². The molecule has 0 aliphatic rings. The van der Waals surface area contributed by atoms with Crippen molar-refractivity contribution in [2.24, 2.45) is 5.73 Å². The van der Waals surface area contributed by atoms with E-state index in [1.807, 2.05) is 36.4 Å². The molecule has 4 nitrogen and oxygen atoms in total. The molecular formula is C21H20FNO3. The summed E-state index contributed by atoms with van der Waals surface area (Å²) in [6, 6.07) is 17.4. The number of halogens is 1. The summed E-state index contributed by atoms with van der Waals surface area (Å²) in [6.45, 7) is 0.171. The first-order valence-corrected chi connectivity index (χ1v) is 8.29. The smallest absolute Gasteiger partial charge is 0.322 e. The molecule has 0 amide bonds. The summed E-state index contributed by atoms with van der Waals surface area (Å²) in [7, 11) is 1.32. The van der Waals surface area contributed by atoms with Crippen LogP contribution >= 0.6 is 0 Å². The van der Waals surface area contributed by atoms with E-state index in [0.717, 1.165) is 16.3 Å². The third kappa shape index (κ3) is 4.18. The summed E-state index contributed by atoms with van der Waals surface area (Å²) in [5.41, 5.74) is 7.28. The van der Waals surface area contributed by atoms with Crippen LogP contribution in [-0.2, 0) is 22.6 Å². The van der Waals surface area contributed by atoms with E-state index in [9.17, 15) is 9.18 Å². The van der Waals surface area contributed by atoms with Crippen LogP contribution in [0.4, 0.5) is 4.39 Å². The maximum Gasteiger partial charge on any atom is 0.322 e. The second-order valence-electron chi connectivity index (χ2n) is 6.06. The van der Waals surface area contributed by atoms with Crippen LogP contribution in [-0.4, -0.2) is 19.1 Å². The number of carbonyl (C=O) groups excluding carboxylic acids is 1. The van der Waals surface area contributed by atoms with E-state index in [-0.39, 0.29) is 12.4 Å². The lowest BCUT2D eigenvalue weighted by Crippen LogP contribution is -2.33. The highest BCUT2D eigenvalue weighted by Crippen LogP contribution is 2.23. The molecule has 0 radical (unpaired) electrons. The molecule has 0 saturated heterocycles. The Balaban J connectivity index is 1.72. The van der Waals surface area contributed by atoms with Gasteiger partial charge in [0.05, 0.1) is 7.11 Å². The predicted molar refractivity (Wildman–Crippen MR) is 98.4 cm³/mol. The Morgan fingerprint density at radius 1 is 1.08 bits per heavy atom. The predicted octanol–water partition coefficient (Wildman–Crippen LogP) is 3.60. The molecular weight excluding hydrogens is 333 g/mol. The Labute approximate surface area is 151 Å². The minimum Gasteiger partial charge on any atom is -0.489 e. The molecule has 2 N–H and O–H groups in total. The van der Waals surface area contributed by atoms with E-state index < -0.39 is 12.0 Å². The van der Waals surface area contributed by atoms with Crippen LogP contribution in [0.25, 0.3) is 10.8 Å². The van der Waals surface area contributed by atoms with Gasteiger partial charge in [-0.25, -0.2) is 4.39 Å². The standard InChI is InChI=1S/C21H20FNO3/c1-25-21(24)20(23)11-14-6-7-16-12-18(9-8-15(16)10-14)26-13-17-4-2-3-5-19(17)22/h2-10,12,20H,11,13,23H2,1H3. The Bertz CT molecular complexity index is 926. The molecule has 5 heteroatoms. The third-order valence-electron chi connectivity index (χ3n) is 4.19. The lowest BCUT2D eigenvalue weighted by atomic mass is 10.0. The van der Waals surface area contributed by atoms with Gasteiger partial charge in [-0.05, 0) is 41.0 Å². The normalized spacial score (nSPS) is 12.0. The minimum absolute atomic E-state index is 0.171. The molecule has 0 fully saturated rings. The Kier molecular flexibility index (Phi) is 5.49. The van der Waals surface area contributed by atoms with Crippen molar-refractivity contribution in [2.45, 2.75) is 19.1 Å². The van der Waals surface area contributed by atoms with Crippen molar-refractivity contribution in [3.8, 4) is 5.75 Å². The fraction of sp³-hybridized carbons (Fsp3) is 0.190. The second kappa shape index (κ2) is 7.97. The largest absolute Gasteiger partial charge is 0.489 e. The van der Waals surface area contributed by atoms with Gasteiger partial charge in [-0.2, -0.15) is 0 Å². The molecule has 1 atom stereocenters. The van der Waals surface area contributed by atoms with Gasteiger partial charge in [0.2, 0.25) is 0 Å². The molecule has 1 unspecified atom stereocenters. The Morgan fingerprint density at radius 2 is 1.81 bits per heavy atom. The monoisotopic (exact) mass is 353 g/mol. The summed E-state index contributed by atoms with van der Waals surface area (Å²) in [5, 5.41) is 2.00. The van der Waals surface area contributed by atoms with Crippen LogP contribution in [0, 0.1) is 5.82 Å². The van der Waals surface area contributed by atoms with E-state index >= 15 is 0 Å². The van der Waals surface area contributed by atoms with Crippen LogP contribution < -0.4 is 10.5 Å². The molecule has 0 saturated carbocycles. The molecule has 0 aliphatic carbocycles. The molecule has 134 valence electrons. The summed E-state index contributed by atoms with van der Waals surface area (Å²) >= 11 is 0. The zero-order valence-corrected chi connectivity index (χ0v) is 14.4. The molecule has 0 aliphatic heterocycles. The van der Waals surface area contributed by atoms with Gasteiger partial charge < -0.3 is 15.2 Å². The van der Waals surface area contributed by atoms with E-state index in [0.29, 0.717) is 17.7 Å². The van der Waals surface area contributed by atoms with E-state index in [1.54, 1.807) is 18.2 Å². The van der Waals surface area contributed by atoms with Crippen LogP contribution in [0.5, 0.6) is 5.75 Å². The fourth-order valence-corrected chi connectivity index (χ4v) is 2.76. The van der Waals surface area contributed by atoms with Gasteiger partial charge in [-0.3, -0.25) is 4.79 Å². The Hall–Kier alpha value is -2.92. The Morgan fingerprint density at radius 3 is 2.58 bits per heavy atom. The number of ether oxygens (including phenoxy) is 2. The number of esters is 1. The van der Waals surface area contributed by atoms with Gasteiger partial charge in [0.1, 0.15) is 24.2 Å². The number of benzene rings is 3. The fourth-order valence-electron chi connectivity index (χ4n) is 2.76. The summed E-state index contributed by atoms with van der Waals surface area (Å²) in [5.74, 6) is -0.0402. The lowest BCUT2D eigenvalue weighted by molar-refractivity contribution is -0.142. The van der Waals surface area contributed by atoms with Crippen LogP contribution in [0.1, 0.15) is 11.1 Å². The number of rotatable bonds is 6. The number of hydrogen-bond acceptors (Lipinski definition) is 4. The zero-order chi connectivity index (χ0) is 18.5. The maximum atomic E-state index is 13.7. The quantitative estimate of drug-likeness (QED) is 0.688. The molecule has 0 heterocycles. The van der Waals surface area contributed by atoms with Crippen molar-refractivity contribution in [2.75, 3.05) is 7.11 Å². The maximum absolute atomic E-state index is 13.7. The second-order valence-corrected chi connectivity index (χ2v) is 6.06. The van der Waals surface area contributed by atoms with Crippen molar-refractivity contribution >= 4 is 16.7 Å². The number of methoxy groups -OCH3 is 1. The van der Waals surface area contributed by atoms with Crippen LogP contribution in [0.3, 0.4) is 0 Å². The van der Waals surface area contributed by atoms with Crippen molar-refractivity contribution < 1.29 is 18.7 Å². The van der Waals surface area contributed by atoms with Crippen LogP contribution in [0.2, 0.25) is 0 Å². The highest BCUT2D eigenvalue weighted by atomic mass is 19.1. The van der Waals surface area contributed by atoms with Gasteiger partial charge in [-0.1, -0.05) is 42.5 Å². The topological polar surface area (TPSA) is 61.5 Å². The molecule has 3 aromatic carbocycles. The van der Waals surface area contributed by atoms with E-state index in [4.69, 9.17) is 10.5 Å². The first kappa shape index (κ1) is 17.9. The SMILES string of the molecule is COC(=O)C(N)Cc1ccc2cc(OCc3ccccc3F)ccc2c1. The first-order valence-electron chi connectivity index (χ1n) is 8.29. The van der Waals surface area contributed by atoms with Crippen molar-refractivity contribution in [3.63, 3.8) is 0 Å². The molecule has 0 spiro atoms. The third-order valence-corrected chi connectivity index (χ3v) is 4.19. The summed E-state index contributed by atoms with van der Waals surface area (Å²) in [4.78, 5) is 11.4. The van der Waals surface area contributed by atoms with Crippen molar-refractivity contribution in [3.05, 3.63) is 77.6 Å². The summed E-state index contributed by atoms with van der Waals surface area (Å²) in [6.07, 6.45) is 0.411. The van der Waals surface area contributed by atoms with Gasteiger partial charge in [0, 0.05) is 5.56 Å². The molecule has 0 aromatic heterocycles. The molecule has 3 aromatic rings. The number of hydrogen-bond donors (Lipinski definition) is 1. The minimum atomic E-state index is -0.680. The van der Waals surface area contributed by atoms with Crippen molar-refractivity contribution in [1.82, 2.24) is 0 Å². The van der Waals surface area contributed by atoms with Gasteiger partial charge in [0.25, 0.3) is 0 Å². The molecule has 0 bridgehead atoms. The molecule has 3 rings (SSSR count). The zero-order valence-electron chi connectivity index (χ0n) is 14.4. The number of fused-ring (bicyclic) bond motifs is 1. The lowest BCUT2D eigenvalue weighted by Gasteiger charge is -2.11. The molecule has 26 heavy (non-hydrogen) atoms. The highest BCUT2D eigenvalue weighted by molar-refractivity contribution is 5.85. The van der Waals surface area contributed by atoms with Crippen LogP contribution in [0.15, 0.2) is 60.7 Å². The first-order chi connectivity index (χ1) is 12.6. The number of nitrogens with two attached hydrogens (primary N) is 1. The summed E-state index contributed by atoms with van der Waals surface area (Å²) < 4.78 is 24.0. The van der Waals surface area contributed by atoms with Gasteiger partial charge in [-0.15, -0.1) is 0 Å². The van der Waals surface area contributed by atoms with Crippen molar-refractivity contribution in [1.29, 1.82) is 0 Å². The highest BCUT2D eigenvalue weighted by Gasteiger charge is 2.14. The van der Waals surface area contributed by atoms with E-state index in [2.05, 4.69) is 4.74 Å².